The second-order valence-corrected chi connectivity index (χ2v) is 14.8. The Morgan fingerprint density at radius 2 is 1.75 bits per heavy atom. The number of oxazole rings is 1. The Morgan fingerprint density at radius 3 is 2.31 bits per heavy atom. The second kappa shape index (κ2) is 12.3. The zero-order valence-corrected chi connectivity index (χ0v) is 23.5. The smallest absolute Gasteiger partial charge is 0.360 e. The molecule has 198 valence electrons. The van der Waals surface area contributed by atoms with E-state index >= 15 is 0 Å². The molecular weight excluding hydrogens is 480 g/mol. The van der Waals surface area contributed by atoms with E-state index in [1.807, 2.05) is 25.1 Å². The van der Waals surface area contributed by atoms with Gasteiger partial charge in [0.15, 0.2) is 19.8 Å². The number of hydrogen-bond donors (Lipinski definition) is 1. The predicted molar refractivity (Wildman–Crippen MR) is 138 cm³/mol. The van der Waals surface area contributed by atoms with Crippen LogP contribution in [0.25, 0.3) is 11.3 Å². The number of aromatic nitrogens is 1. The van der Waals surface area contributed by atoms with Gasteiger partial charge in [0.25, 0.3) is 0 Å². The Bertz CT molecular complexity index is 1040. The highest BCUT2D eigenvalue weighted by molar-refractivity contribution is 6.74. The van der Waals surface area contributed by atoms with Crippen molar-refractivity contribution in [3.05, 3.63) is 41.9 Å². The van der Waals surface area contributed by atoms with Crippen molar-refractivity contribution >= 4 is 26.2 Å². The van der Waals surface area contributed by atoms with E-state index in [-0.39, 0.29) is 41.8 Å². The lowest BCUT2D eigenvalue weighted by molar-refractivity contribution is -0.144. The Hall–Kier alpha value is -2.98. The first-order chi connectivity index (χ1) is 16.8. The Balaban J connectivity index is 2.46. The van der Waals surface area contributed by atoms with E-state index < -0.39 is 38.3 Å². The molecule has 0 aliphatic heterocycles. The molecular formula is C26H38N2O7Si. The minimum absolute atomic E-state index is 0.00370. The highest BCUT2D eigenvalue weighted by atomic mass is 28.4. The molecule has 36 heavy (non-hydrogen) atoms. The Morgan fingerprint density at radius 1 is 1.11 bits per heavy atom. The summed E-state index contributed by atoms with van der Waals surface area (Å²) < 4.78 is 22.5. The molecule has 1 aromatic carbocycles. The van der Waals surface area contributed by atoms with Crippen molar-refractivity contribution < 1.29 is 32.7 Å². The van der Waals surface area contributed by atoms with Crippen molar-refractivity contribution in [3.63, 3.8) is 0 Å². The number of methoxy groups -OCH3 is 1. The number of amides is 1. The van der Waals surface area contributed by atoms with E-state index in [1.54, 1.807) is 19.1 Å². The lowest BCUT2D eigenvalue weighted by atomic mass is 10.1. The third-order valence-electron chi connectivity index (χ3n) is 6.26. The fourth-order valence-corrected chi connectivity index (χ4v) is 4.69. The first-order valence-electron chi connectivity index (χ1n) is 12.1. The minimum Gasteiger partial charge on any atom is -0.466 e. The zero-order chi connectivity index (χ0) is 27.1. The molecule has 0 saturated heterocycles. The summed E-state index contributed by atoms with van der Waals surface area (Å²) in [5, 5.41) is 2.82. The Labute approximate surface area is 214 Å². The maximum absolute atomic E-state index is 12.8. The van der Waals surface area contributed by atoms with Gasteiger partial charge in [0.05, 0.1) is 26.2 Å². The summed E-state index contributed by atoms with van der Waals surface area (Å²) in [4.78, 5) is 41.5. The molecule has 1 aromatic heterocycles. The number of esters is 2. The monoisotopic (exact) mass is 518 g/mol. The topological polar surface area (TPSA) is 117 Å². The molecule has 0 aliphatic carbocycles. The molecule has 1 heterocycles. The number of nitrogens with zero attached hydrogens (tertiary/aromatic N) is 1. The van der Waals surface area contributed by atoms with Gasteiger partial charge in [0.1, 0.15) is 6.04 Å². The first-order valence-corrected chi connectivity index (χ1v) is 15.0. The summed E-state index contributed by atoms with van der Waals surface area (Å²) in [6, 6.07) is 8.25. The van der Waals surface area contributed by atoms with Crippen LogP contribution in [0.5, 0.6) is 0 Å². The van der Waals surface area contributed by atoms with Gasteiger partial charge < -0.3 is 23.6 Å². The first kappa shape index (κ1) is 29.2. The summed E-state index contributed by atoms with van der Waals surface area (Å²) >= 11 is 0. The second-order valence-electron chi connectivity index (χ2n) is 10.0. The number of carbonyl (C=O) groups is 3. The number of carbonyl (C=O) groups excluding carboxylic acids is 3. The number of benzene rings is 1. The summed E-state index contributed by atoms with van der Waals surface area (Å²) in [5.74, 6) is -1.15. The third-order valence-corrected chi connectivity index (χ3v) is 10.8. The SMILES string of the molecule is CCOC(=O)CCC(=O)N[C@H](c1nc(C(=O)OC)c(-c2ccccc2)o1)[C@@H](C)O[Si](C)(C)C(C)(C)C. The maximum atomic E-state index is 12.8. The number of ether oxygens (including phenoxy) is 2. The fraction of sp³-hybridized carbons (Fsp3) is 0.538. The number of rotatable bonds is 11. The molecule has 0 spiro atoms. The van der Waals surface area contributed by atoms with Gasteiger partial charge in [0, 0.05) is 12.0 Å². The molecule has 0 unspecified atom stereocenters. The molecule has 2 atom stereocenters. The summed E-state index contributed by atoms with van der Waals surface area (Å²) in [5.41, 5.74) is 0.644. The maximum Gasteiger partial charge on any atom is 0.360 e. The minimum atomic E-state index is -2.25. The molecule has 0 aliphatic rings. The average molecular weight is 519 g/mol. The van der Waals surface area contributed by atoms with Crippen LogP contribution in [0.1, 0.15) is 69.9 Å². The van der Waals surface area contributed by atoms with E-state index in [4.69, 9.17) is 18.3 Å². The van der Waals surface area contributed by atoms with Crippen LogP contribution in [-0.4, -0.2) is 51.0 Å². The molecule has 9 nitrogen and oxygen atoms in total. The van der Waals surface area contributed by atoms with Gasteiger partial charge in [0.2, 0.25) is 11.8 Å². The standard InChI is InChI=1S/C26H38N2O7Si/c1-9-33-20(30)16-15-19(29)27-21(17(2)35-36(7,8)26(3,4)5)24-28-22(25(31)32-6)23(34-24)18-13-11-10-12-14-18/h10-14,17,21H,9,15-16H2,1-8H3,(H,27,29)/t17-,21+/m1/s1. The summed E-state index contributed by atoms with van der Waals surface area (Å²) in [7, 11) is -0.981. The van der Waals surface area contributed by atoms with E-state index in [0.717, 1.165) is 0 Å². The van der Waals surface area contributed by atoms with Gasteiger partial charge in [-0.1, -0.05) is 51.1 Å². The molecule has 2 rings (SSSR count). The predicted octanol–water partition coefficient (Wildman–Crippen LogP) is 5.04. The molecule has 10 heteroatoms. The molecule has 0 radical (unpaired) electrons. The van der Waals surface area contributed by atoms with Crippen LogP contribution in [0.15, 0.2) is 34.7 Å². The molecule has 0 bridgehead atoms. The largest absolute Gasteiger partial charge is 0.466 e. The van der Waals surface area contributed by atoms with Crippen LogP contribution in [0.4, 0.5) is 0 Å². The normalized spacial score (nSPS) is 13.6. The molecule has 1 amide bonds. The van der Waals surface area contributed by atoms with Gasteiger partial charge in [-0.3, -0.25) is 9.59 Å². The highest BCUT2D eigenvalue weighted by Gasteiger charge is 2.41. The van der Waals surface area contributed by atoms with Crippen molar-refractivity contribution in [1.29, 1.82) is 0 Å². The van der Waals surface area contributed by atoms with E-state index in [2.05, 4.69) is 44.2 Å². The van der Waals surface area contributed by atoms with Crippen LogP contribution in [0, 0.1) is 0 Å². The molecule has 0 saturated carbocycles. The summed E-state index contributed by atoms with van der Waals surface area (Å²) in [6.45, 7) is 14.4. The van der Waals surface area contributed by atoms with Crippen molar-refractivity contribution in [2.75, 3.05) is 13.7 Å². The van der Waals surface area contributed by atoms with E-state index in [1.165, 1.54) is 7.11 Å². The zero-order valence-electron chi connectivity index (χ0n) is 22.5. The lowest BCUT2D eigenvalue weighted by Gasteiger charge is -2.40. The van der Waals surface area contributed by atoms with Gasteiger partial charge in [-0.25, -0.2) is 9.78 Å². The fourth-order valence-electron chi connectivity index (χ4n) is 3.27. The van der Waals surface area contributed by atoms with E-state index in [9.17, 15) is 14.4 Å². The van der Waals surface area contributed by atoms with Gasteiger partial charge >= 0.3 is 11.9 Å². The summed E-state index contributed by atoms with van der Waals surface area (Å²) in [6.07, 6.45) is -0.665. The van der Waals surface area contributed by atoms with Crippen molar-refractivity contribution in [2.45, 2.75) is 77.7 Å². The van der Waals surface area contributed by atoms with Crippen molar-refractivity contribution in [1.82, 2.24) is 10.3 Å². The highest BCUT2D eigenvalue weighted by Crippen LogP contribution is 2.39. The third kappa shape index (κ3) is 7.51. The number of hydrogen-bond acceptors (Lipinski definition) is 8. The van der Waals surface area contributed by atoms with Crippen LogP contribution in [0.3, 0.4) is 0 Å². The molecule has 0 fully saturated rings. The van der Waals surface area contributed by atoms with Gasteiger partial charge in [-0.05, 0) is 32.0 Å². The van der Waals surface area contributed by atoms with Crippen LogP contribution in [0.2, 0.25) is 18.1 Å². The van der Waals surface area contributed by atoms with E-state index in [0.29, 0.717) is 5.56 Å². The van der Waals surface area contributed by atoms with Gasteiger partial charge in [-0.2, -0.15) is 0 Å². The van der Waals surface area contributed by atoms with Crippen LogP contribution in [-0.2, 0) is 23.5 Å². The van der Waals surface area contributed by atoms with Crippen molar-refractivity contribution in [2.24, 2.45) is 0 Å². The molecule has 1 N–H and O–H groups in total. The van der Waals surface area contributed by atoms with Crippen LogP contribution >= 0.6 is 0 Å². The molecule has 2 aromatic rings. The lowest BCUT2D eigenvalue weighted by Crippen LogP contribution is -2.47. The number of nitrogens with one attached hydrogen (secondary N) is 1. The van der Waals surface area contributed by atoms with Gasteiger partial charge in [-0.15, -0.1) is 0 Å². The quantitative estimate of drug-likeness (QED) is 0.325. The Kier molecular flexibility index (Phi) is 10.0. The van der Waals surface area contributed by atoms with Crippen molar-refractivity contribution in [3.8, 4) is 11.3 Å². The average Bonchev–Trinajstić information content (AvgIpc) is 3.25. The van der Waals surface area contributed by atoms with Crippen LogP contribution < -0.4 is 5.32 Å².